The van der Waals surface area contributed by atoms with Crippen LogP contribution in [0, 0.1) is 13.8 Å². The third kappa shape index (κ3) is 4.84. The van der Waals surface area contributed by atoms with Gasteiger partial charge in [-0.05, 0) is 43.0 Å². The number of carbonyl (C=O) groups is 1. The molecule has 0 N–H and O–H groups in total. The minimum Gasteiger partial charge on any atom is -0.457 e. The van der Waals surface area contributed by atoms with Crippen molar-refractivity contribution in [1.82, 2.24) is 5.16 Å². The molecule has 3 aromatic rings. The Labute approximate surface area is 170 Å². The van der Waals surface area contributed by atoms with Gasteiger partial charge >= 0.3 is 5.97 Å². The Morgan fingerprint density at radius 1 is 1.11 bits per heavy atom. The largest absolute Gasteiger partial charge is 0.457 e. The van der Waals surface area contributed by atoms with Gasteiger partial charge in [0.05, 0.1) is 11.3 Å². The van der Waals surface area contributed by atoms with Crippen LogP contribution in [0.25, 0.3) is 0 Å². The number of ether oxygens (including phenoxy) is 1. The molecule has 28 heavy (non-hydrogen) atoms. The third-order valence-corrected chi connectivity index (χ3v) is 5.78. The average molecular weight is 396 g/mol. The van der Waals surface area contributed by atoms with Crippen molar-refractivity contribution < 1.29 is 14.1 Å². The summed E-state index contributed by atoms with van der Waals surface area (Å²) in [6.45, 7) is 8.41. The zero-order valence-electron chi connectivity index (χ0n) is 16.7. The summed E-state index contributed by atoms with van der Waals surface area (Å²) in [5, 5.41) is 3.99. The molecule has 5 heteroatoms. The van der Waals surface area contributed by atoms with Crippen molar-refractivity contribution in [2.45, 2.75) is 50.9 Å². The fourth-order valence-corrected chi connectivity index (χ4v) is 4.04. The molecule has 1 aromatic heterocycles. The maximum absolute atomic E-state index is 12.6. The summed E-state index contributed by atoms with van der Waals surface area (Å²) in [6.07, 6.45) is 0. The molecule has 0 radical (unpaired) electrons. The summed E-state index contributed by atoms with van der Waals surface area (Å²) in [5.41, 5.74) is 4.79. The Morgan fingerprint density at radius 3 is 2.46 bits per heavy atom. The van der Waals surface area contributed by atoms with E-state index in [9.17, 15) is 4.79 Å². The number of rotatable bonds is 7. The van der Waals surface area contributed by atoms with Gasteiger partial charge in [-0.1, -0.05) is 55.4 Å². The number of esters is 1. The lowest BCUT2D eigenvalue weighted by atomic mass is 10.0. The van der Waals surface area contributed by atoms with Crippen molar-refractivity contribution in [2.24, 2.45) is 0 Å². The predicted molar refractivity (Wildman–Crippen MR) is 112 cm³/mol. The van der Waals surface area contributed by atoms with Gasteiger partial charge in [-0.2, -0.15) is 0 Å². The van der Waals surface area contributed by atoms with Gasteiger partial charge in [-0.15, -0.1) is 11.8 Å². The molecule has 146 valence electrons. The molecule has 0 aliphatic carbocycles. The van der Waals surface area contributed by atoms with Gasteiger partial charge in [-0.3, -0.25) is 0 Å². The molecule has 0 amide bonds. The molecule has 0 saturated carbocycles. The van der Waals surface area contributed by atoms with E-state index in [1.807, 2.05) is 44.2 Å². The van der Waals surface area contributed by atoms with Gasteiger partial charge in [0.2, 0.25) is 0 Å². The second kappa shape index (κ2) is 9.11. The van der Waals surface area contributed by atoms with E-state index < -0.39 is 0 Å². The van der Waals surface area contributed by atoms with Crippen LogP contribution < -0.4 is 0 Å². The first-order chi connectivity index (χ1) is 13.5. The van der Waals surface area contributed by atoms with Crippen molar-refractivity contribution >= 4 is 17.7 Å². The van der Waals surface area contributed by atoms with Crippen LogP contribution in [-0.2, 0) is 17.1 Å². The Kier molecular flexibility index (Phi) is 6.57. The number of nitrogens with zero attached hydrogens (tertiary/aromatic N) is 1. The summed E-state index contributed by atoms with van der Waals surface area (Å²) in [4.78, 5) is 13.5. The van der Waals surface area contributed by atoms with Crippen LogP contribution in [0.3, 0.4) is 0 Å². The zero-order chi connectivity index (χ0) is 20.1. The van der Waals surface area contributed by atoms with Gasteiger partial charge in [0.25, 0.3) is 0 Å². The summed E-state index contributed by atoms with van der Waals surface area (Å²) in [5.74, 6) is 1.69. The molecule has 4 nitrogen and oxygen atoms in total. The van der Waals surface area contributed by atoms with Gasteiger partial charge in [0, 0.05) is 16.2 Å². The normalized spacial score (nSPS) is 11.0. The van der Waals surface area contributed by atoms with E-state index in [1.165, 1.54) is 5.56 Å². The Balaban J connectivity index is 1.65. The number of hydrogen-bond acceptors (Lipinski definition) is 5. The number of aryl methyl sites for hydroxylation is 2. The fraction of sp³-hybridized carbons (Fsp3) is 0.304. The van der Waals surface area contributed by atoms with E-state index >= 15 is 0 Å². The van der Waals surface area contributed by atoms with E-state index in [-0.39, 0.29) is 12.6 Å². The zero-order valence-corrected chi connectivity index (χ0v) is 17.5. The summed E-state index contributed by atoms with van der Waals surface area (Å²) < 4.78 is 10.8. The molecule has 0 saturated heterocycles. The Hall–Kier alpha value is -2.53. The molecule has 0 spiro atoms. The highest BCUT2D eigenvalue weighted by atomic mass is 32.2. The monoisotopic (exact) mass is 395 g/mol. The first-order valence-corrected chi connectivity index (χ1v) is 10.3. The minimum atomic E-state index is -0.310. The number of thioether (sulfide) groups is 1. The van der Waals surface area contributed by atoms with Crippen LogP contribution in [0.5, 0.6) is 0 Å². The topological polar surface area (TPSA) is 52.3 Å². The van der Waals surface area contributed by atoms with Gasteiger partial charge in [0.15, 0.2) is 0 Å². The summed E-state index contributed by atoms with van der Waals surface area (Å²) in [6, 6.07) is 15.7. The standard InChI is InChI=1S/C23H25NO3S/c1-15(2)19-11-9-18(10-12-19)13-26-23(25)20-7-5-6-8-22(20)28-14-21-16(3)24-27-17(21)4/h5-12,15H,13-14H2,1-4H3. The maximum Gasteiger partial charge on any atom is 0.339 e. The molecule has 0 atom stereocenters. The molecule has 3 rings (SSSR count). The SMILES string of the molecule is Cc1noc(C)c1CSc1ccccc1C(=O)OCc1ccc(C(C)C)cc1. The Bertz CT molecular complexity index is 925. The molecular weight excluding hydrogens is 370 g/mol. The van der Waals surface area contributed by atoms with Crippen LogP contribution >= 0.6 is 11.8 Å². The van der Waals surface area contributed by atoms with Crippen LogP contribution in [0.4, 0.5) is 0 Å². The highest BCUT2D eigenvalue weighted by Crippen LogP contribution is 2.29. The average Bonchev–Trinajstić information content (AvgIpc) is 3.02. The molecule has 0 aliphatic rings. The number of benzene rings is 2. The van der Waals surface area contributed by atoms with Crippen molar-refractivity contribution in [3.05, 3.63) is 82.2 Å². The van der Waals surface area contributed by atoms with Crippen LogP contribution in [0.1, 0.15) is 58.3 Å². The summed E-state index contributed by atoms with van der Waals surface area (Å²) in [7, 11) is 0. The maximum atomic E-state index is 12.6. The lowest BCUT2D eigenvalue weighted by molar-refractivity contribution is 0.0468. The molecule has 0 bridgehead atoms. The van der Waals surface area contributed by atoms with E-state index in [4.69, 9.17) is 9.26 Å². The molecule has 0 aliphatic heterocycles. The Morgan fingerprint density at radius 2 is 1.82 bits per heavy atom. The number of hydrogen-bond donors (Lipinski definition) is 0. The second-order valence-corrected chi connectivity index (χ2v) is 8.08. The highest BCUT2D eigenvalue weighted by Gasteiger charge is 2.15. The van der Waals surface area contributed by atoms with Gasteiger partial charge in [-0.25, -0.2) is 4.79 Å². The van der Waals surface area contributed by atoms with E-state index in [0.29, 0.717) is 17.2 Å². The second-order valence-electron chi connectivity index (χ2n) is 7.06. The number of aromatic nitrogens is 1. The van der Waals surface area contributed by atoms with Crippen molar-refractivity contribution in [2.75, 3.05) is 0 Å². The third-order valence-electron chi connectivity index (χ3n) is 4.68. The smallest absolute Gasteiger partial charge is 0.339 e. The predicted octanol–water partition coefficient (Wildman–Crippen LogP) is 6.06. The quantitative estimate of drug-likeness (QED) is 0.359. The lowest BCUT2D eigenvalue weighted by Crippen LogP contribution is -2.07. The first kappa shape index (κ1) is 20.2. The molecule has 0 fully saturated rings. The van der Waals surface area contributed by atoms with E-state index in [0.717, 1.165) is 27.5 Å². The van der Waals surface area contributed by atoms with Crippen LogP contribution in [0.15, 0.2) is 57.9 Å². The molecule has 2 aromatic carbocycles. The van der Waals surface area contributed by atoms with E-state index in [1.54, 1.807) is 17.8 Å². The summed E-state index contributed by atoms with van der Waals surface area (Å²) >= 11 is 1.59. The van der Waals surface area contributed by atoms with E-state index in [2.05, 4.69) is 31.1 Å². The van der Waals surface area contributed by atoms with Crippen molar-refractivity contribution in [3.63, 3.8) is 0 Å². The van der Waals surface area contributed by atoms with Crippen LogP contribution in [0.2, 0.25) is 0 Å². The fourth-order valence-electron chi connectivity index (χ4n) is 2.84. The lowest BCUT2D eigenvalue weighted by Gasteiger charge is -2.10. The van der Waals surface area contributed by atoms with Gasteiger partial charge in [0.1, 0.15) is 12.4 Å². The molecular formula is C23H25NO3S. The van der Waals surface area contributed by atoms with Gasteiger partial charge < -0.3 is 9.26 Å². The highest BCUT2D eigenvalue weighted by molar-refractivity contribution is 7.98. The van der Waals surface area contributed by atoms with Crippen LogP contribution in [-0.4, -0.2) is 11.1 Å². The molecule has 0 unspecified atom stereocenters. The van der Waals surface area contributed by atoms with Crippen molar-refractivity contribution in [1.29, 1.82) is 0 Å². The first-order valence-electron chi connectivity index (χ1n) is 9.35. The molecule has 1 heterocycles. The number of carbonyl (C=O) groups excluding carboxylic acids is 1. The van der Waals surface area contributed by atoms with Crippen molar-refractivity contribution in [3.8, 4) is 0 Å². The minimum absolute atomic E-state index is 0.264.